The van der Waals surface area contributed by atoms with Gasteiger partial charge in [0.2, 0.25) is 0 Å². The number of ether oxygens (including phenoxy) is 1. The molecule has 1 heterocycles. The molecule has 0 radical (unpaired) electrons. The first-order chi connectivity index (χ1) is 7.42. The summed E-state index contributed by atoms with van der Waals surface area (Å²) in [4.78, 5) is 13.5. The molecule has 0 aliphatic carbocycles. The third-order valence-electron chi connectivity index (χ3n) is 2.45. The molecule has 0 atom stereocenters. The highest BCUT2D eigenvalue weighted by atomic mass is 32.1. The average Bonchev–Trinajstić information content (AvgIpc) is 2.16. The number of thiocarbonyl (C=S) groups is 1. The Hall–Kier alpha value is -0.840. The van der Waals surface area contributed by atoms with Crippen LogP contribution in [-0.4, -0.2) is 41.2 Å². The molecule has 0 bridgehead atoms. The van der Waals surface area contributed by atoms with E-state index in [2.05, 4.69) is 5.32 Å². The lowest BCUT2D eigenvalue weighted by atomic mass is 10.1. The van der Waals surface area contributed by atoms with E-state index in [4.69, 9.17) is 17.0 Å². The first-order valence-electron chi connectivity index (χ1n) is 5.60. The van der Waals surface area contributed by atoms with Crippen LogP contribution in [0.4, 0.5) is 4.79 Å². The van der Waals surface area contributed by atoms with Gasteiger partial charge in [-0.15, -0.1) is 0 Å². The minimum atomic E-state index is -0.416. The van der Waals surface area contributed by atoms with Gasteiger partial charge in [0.05, 0.1) is 5.49 Å². The van der Waals surface area contributed by atoms with E-state index in [1.165, 1.54) is 0 Å². The highest BCUT2D eigenvalue weighted by Gasteiger charge is 2.26. The highest BCUT2D eigenvalue weighted by molar-refractivity contribution is 7.78. The maximum atomic E-state index is 11.7. The fraction of sp³-hybridized carbons (Fsp3) is 0.818. The lowest BCUT2D eigenvalue weighted by molar-refractivity contribution is 0.0203. The van der Waals surface area contributed by atoms with Crippen LogP contribution in [0.15, 0.2) is 0 Å². The van der Waals surface area contributed by atoms with Gasteiger partial charge in [-0.25, -0.2) is 4.79 Å². The summed E-state index contributed by atoms with van der Waals surface area (Å²) in [6.45, 7) is 7.10. The third-order valence-corrected chi connectivity index (χ3v) is 2.59. The number of nitrogens with one attached hydrogen (secondary N) is 1. The van der Waals surface area contributed by atoms with Gasteiger partial charge in [0.1, 0.15) is 5.60 Å². The van der Waals surface area contributed by atoms with Crippen molar-refractivity contribution in [1.29, 1.82) is 0 Å². The summed E-state index contributed by atoms with van der Waals surface area (Å²) in [5.41, 5.74) is 1.13. The van der Waals surface area contributed by atoms with E-state index >= 15 is 0 Å². The van der Waals surface area contributed by atoms with E-state index < -0.39 is 5.60 Å². The van der Waals surface area contributed by atoms with Gasteiger partial charge in [0.25, 0.3) is 0 Å². The monoisotopic (exact) mass is 244 g/mol. The van der Waals surface area contributed by atoms with Gasteiger partial charge in [0.15, 0.2) is 0 Å². The molecule has 0 saturated carbocycles. The summed E-state index contributed by atoms with van der Waals surface area (Å²) in [6, 6.07) is 0.399. The molecule has 92 valence electrons. The molecule has 1 aliphatic rings. The molecule has 0 unspecified atom stereocenters. The van der Waals surface area contributed by atoms with Crippen LogP contribution in [0.1, 0.15) is 33.6 Å². The summed E-state index contributed by atoms with van der Waals surface area (Å²) >= 11 is 4.74. The molecule has 1 N–H and O–H groups in total. The maximum absolute atomic E-state index is 11.7. The Morgan fingerprint density at radius 3 is 2.44 bits per heavy atom. The van der Waals surface area contributed by atoms with Crippen LogP contribution >= 0.6 is 12.2 Å². The van der Waals surface area contributed by atoms with Crippen molar-refractivity contribution in [2.75, 3.05) is 13.1 Å². The molecular formula is C11H20N2O2S. The topological polar surface area (TPSA) is 41.6 Å². The molecule has 0 aromatic heterocycles. The predicted molar refractivity (Wildman–Crippen MR) is 67.6 cm³/mol. The number of piperidine rings is 1. The number of rotatable bonds is 2. The zero-order valence-electron chi connectivity index (χ0n) is 10.2. The first-order valence-corrected chi connectivity index (χ1v) is 6.07. The van der Waals surface area contributed by atoms with E-state index in [9.17, 15) is 4.79 Å². The molecule has 5 heteroatoms. The molecule has 1 rings (SSSR count). The quantitative estimate of drug-likeness (QED) is 0.754. The van der Waals surface area contributed by atoms with Crippen molar-refractivity contribution in [3.8, 4) is 0 Å². The van der Waals surface area contributed by atoms with E-state index in [0.717, 1.165) is 25.9 Å². The molecule has 16 heavy (non-hydrogen) atoms. The summed E-state index contributed by atoms with van der Waals surface area (Å²) in [6.07, 6.45) is 1.63. The van der Waals surface area contributed by atoms with Crippen molar-refractivity contribution < 1.29 is 9.53 Å². The highest BCUT2D eigenvalue weighted by Crippen LogP contribution is 2.15. The molecule has 0 spiro atoms. The summed E-state index contributed by atoms with van der Waals surface area (Å²) in [5.74, 6) is 0. The second-order valence-electron chi connectivity index (χ2n) is 5.03. The summed E-state index contributed by atoms with van der Waals surface area (Å²) in [7, 11) is 0. The summed E-state index contributed by atoms with van der Waals surface area (Å²) < 4.78 is 5.31. The van der Waals surface area contributed by atoms with Crippen LogP contribution in [0.2, 0.25) is 0 Å². The normalized spacial score (nSPS) is 18.1. The Balaban J connectivity index is 2.36. The molecule has 1 saturated heterocycles. The Labute approximate surface area is 102 Å². The van der Waals surface area contributed by atoms with Crippen molar-refractivity contribution in [3.63, 3.8) is 0 Å². The maximum Gasteiger partial charge on any atom is 0.410 e. The lowest BCUT2D eigenvalue weighted by Gasteiger charge is -2.33. The van der Waals surface area contributed by atoms with E-state index in [1.807, 2.05) is 20.8 Å². The number of hydrogen-bond acceptors (Lipinski definition) is 3. The number of likely N-dealkylation sites (tertiary alicyclic amines) is 1. The van der Waals surface area contributed by atoms with Crippen molar-refractivity contribution in [2.24, 2.45) is 0 Å². The predicted octanol–water partition coefficient (Wildman–Crippen LogP) is 1.93. The van der Waals surface area contributed by atoms with Crippen molar-refractivity contribution in [2.45, 2.75) is 45.3 Å². The number of nitrogens with zero attached hydrogens (tertiary/aromatic N) is 1. The summed E-state index contributed by atoms with van der Waals surface area (Å²) in [5, 5.41) is 3.10. The van der Waals surface area contributed by atoms with Gasteiger partial charge < -0.3 is 15.0 Å². The van der Waals surface area contributed by atoms with Crippen LogP contribution in [0.25, 0.3) is 0 Å². The fourth-order valence-corrected chi connectivity index (χ4v) is 1.84. The zero-order valence-corrected chi connectivity index (χ0v) is 11.0. The number of carbonyl (C=O) groups is 1. The fourth-order valence-electron chi connectivity index (χ4n) is 1.65. The van der Waals surface area contributed by atoms with Crippen molar-refractivity contribution >= 4 is 23.8 Å². The number of amides is 1. The number of carbonyl (C=O) groups excluding carboxylic acids is 1. The van der Waals surface area contributed by atoms with Gasteiger partial charge in [-0.05, 0) is 33.6 Å². The van der Waals surface area contributed by atoms with E-state index in [1.54, 1.807) is 10.4 Å². The molecular weight excluding hydrogens is 224 g/mol. The van der Waals surface area contributed by atoms with Gasteiger partial charge in [-0.1, -0.05) is 12.2 Å². The van der Waals surface area contributed by atoms with Crippen LogP contribution in [0, 0.1) is 0 Å². The largest absolute Gasteiger partial charge is 0.444 e. The van der Waals surface area contributed by atoms with Crippen LogP contribution in [0.3, 0.4) is 0 Å². The molecule has 1 aliphatic heterocycles. The van der Waals surface area contributed by atoms with Gasteiger partial charge in [-0.2, -0.15) is 0 Å². The molecule has 4 nitrogen and oxygen atoms in total. The minimum absolute atomic E-state index is 0.215. The Morgan fingerprint density at radius 1 is 1.44 bits per heavy atom. The molecule has 1 amide bonds. The average molecular weight is 244 g/mol. The lowest BCUT2D eigenvalue weighted by Crippen LogP contribution is -2.46. The van der Waals surface area contributed by atoms with Crippen LogP contribution in [0.5, 0.6) is 0 Å². The second kappa shape index (κ2) is 5.48. The first kappa shape index (κ1) is 13.2. The zero-order chi connectivity index (χ0) is 12.2. The van der Waals surface area contributed by atoms with E-state index in [0.29, 0.717) is 6.04 Å². The SMILES string of the molecule is CC(C)(C)OC(=O)N1CCC(NC=S)CC1. The molecule has 1 fully saturated rings. The van der Waals surface area contributed by atoms with Gasteiger partial charge in [0, 0.05) is 19.1 Å². The molecule has 0 aromatic rings. The van der Waals surface area contributed by atoms with Crippen molar-refractivity contribution in [1.82, 2.24) is 10.2 Å². The minimum Gasteiger partial charge on any atom is -0.444 e. The van der Waals surface area contributed by atoms with E-state index in [-0.39, 0.29) is 6.09 Å². The Morgan fingerprint density at radius 2 is 2.00 bits per heavy atom. The Bertz CT molecular complexity index is 255. The second-order valence-corrected chi connectivity index (χ2v) is 5.26. The van der Waals surface area contributed by atoms with Gasteiger partial charge >= 0.3 is 6.09 Å². The molecule has 0 aromatic carbocycles. The Kier molecular flexibility index (Phi) is 4.53. The smallest absolute Gasteiger partial charge is 0.410 e. The van der Waals surface area contributed by atoms with Crippen LogP contribution in [-0.2, 0) is 4.74 Å². The standard InChI is InChI=1S/C11H20N2O2S/c1-11(2,3)15-10(14)13-6-4-9(5-7-13)12-8-16/h8-9H,4-7H2,1-3H3,(H,12,16). The van der Waals surface area contributed by atoms with Crippen LogP contribution < -0.4 is 5.32 Å². The number of hydrogen-bond donors (Lipinski definition) is 1. The van der Waals surface area contributed by atoms with Crippen molar-refractivity contribution in [3.05, 3.63) is 0 Å². The third kappa shape index (κ3) is 4.35. The van der Waals surface area contributed by atoms with Gasteiger partial charge in [-0.3, -0.25) is 0 Å².